The minimum atomic E-state index is -3.71. The van der Waals surface area contributed by atoms with Crippen molar-refractivity contribution in [1.82, 2.24) is 24.6 Å². The summed E-state index contributed by atoms with van der Waals surface area (Å²) in [5.74, 6) is -0.345. The van der Waals surface area contributed by atoms with Gasteiger partial charge in [-0.2, -0.15) is 5.10 Å². The molecule has 0 fully saturated rings. The molecule has 0 aliphatic carbocycles. The summed E-state index contributed by atoms with van der Waals surface area (Å²) in [5, 5.41) is 7.89. The lowest BCUT2D eigenvalue weighted by molar-refractivity contribution is 0.425. The van der Waals surface area contributed by atoms with E-state index in [4.69, 9.17) is 11.6 Å². The third kappa shape index (κ3) is 6.40. The molecule has 2 aromatic heterocycles. The summed E-state index contributed by atoms with van der Waals surface area (Å²) in [7, 11) is 0.227. The van der Waals surface area contributed by atoms with Gasteiger partial charge < -0.3 is 10.2 Å². The molecule has 0 aliphatic rings. The molecule has 178 valence electrons. The van der Waals surface area contributed by atoms with Gasteiger partial charge in [0.05, 0.1) is 17.6 Å². The zero-order valence-electron chi connectivity index (χ0n) is 19.1. The summed E-state index contributed by atoms with van der Waals surface area (Å²) >= 11 is 6.20. The Morgan fingerprint density at radius 3 is 2.61 bits per heavy atom. The van der Waals surface area contributed by atoms with E-state index in [9.17, 15) is 8.42 Å². The van der Waals surface area contributed by atoms with Crippen LogP contribution < -0.4 is 10.0 Å². The van der Waals surface area contributed by atoms with Gasteiger partial charge in [0.1, 0.15) is 5.69 Å². The van der Waals surface area contributed by atoms with Crippen molar-refractivity contribution in [2.45, 2.75) is 19.9 Å². The maximum Gasteiger partial charge on any atom is 0.229 e. The van der Waals surface area contributed by atoms with Gasteiger partial charge in [-0.25, -0.2) is 22.8 Å². The van der Waals surface area contributed by atoms with Crippen LogP contribution in [0.15, 0.2) is 30.6 Å². The number of anilines is 2. The third-order valence-corrected chi connectivity index (χ3v) is 5.43. The normalized spacial score (nSPS) is 11.9. The average Bonchev–Trinajstić information content (AvgIpc) is 3.15. The zero-order valence-corrected chi connectivity index (χ0v) is 20.7. The number of nitrogens with zero attached hydrogens (tertiary/aromatic N) is 5. The van der Waals surface area contributed by atoms with E-state index in [0.29, 0.717) is 23.8 Å². The molecule has 3 aromatic rings. The van der Waals surface area contributed by atoms with Crippen LogP contribution in [0, 0.1) is 5.82 Å². The summed E-state index contributed by atoms with van der Waals surface area (Å²) in [4.78, 5) is 10.9. The second-order valence-electron chi connectivity index (χ2n) is 8.15. The monoisotopic (exact) mass is 495 g/mol. The molecular weight excluding hydrogens is 469 g/mol. The van der Waals surface area contributed by atoms with Crippen LogP contribution in [0.25, 0.3) is 22.5 Å². The van der Waals surface area contributed by atoms with Crippen LogP contribution in [0.5, 0.6) is 0 Å². The number of benzene rings is 1. The van der Waals surface area contributed by atoms with E-state index in [-0.39, 0.29) is 28.0 Å². The number of halogens is 2. The Morgan fingerprint density at radius 2 is 1.97 bits per heavy atom. The van der Waals surface area contributed by atoms with Gasteiger partial charge >= 0.3 is 0 Å². The van der Waals surface area contributed by atoms with Crippen LogP contribution in [0.1, 0.15) is 19.9 Å². The highest BCUT2D eigenvalue weighted by molar-refractivity contribution is 7.92. The molecule has 1 aromatic carbocycles. The topological polar surface area (TPSA) is 105 Å². The first-order valence-electron chi connectivity index (χ1n) is 10.2. The number of hydrogen-bond acceptors (Lipinski definition) is 7. The van der Waals surface area contributed by atoms with Gasteiger partial charge in [-0.3, -0.25) is 9.40 Å². The van der Waals surface area contributed by atoms with E-state index < -0.39 is 15.8 Å². The van der Waals surface area contributed by atoms with Crippen LogP contribution in [-0.2, 0) is 10.0 Å². The van der Waals surface area contributed by atoms with Gasteiger partial charge in [0.25, 0.3) is 0 Å². The minimum Gasteiger partial charge on any atom is -0.353 e. The van der Waals surface area contributed by atoms with E-state index in [0.717, 1.165) is 12.8 Å². The molecule has 0 saturated carbocycles. The quantitative estimate of drug-likeness (QED) is 0.466. The van der Waals surface area contributed by atoms with Crippen LogP contribution >= 0.6 is 11.6 Å². The van der Waals surface area contributed by atoms with Crippen molar-refractivity contribution in [3.8, 4) is 22.5 Å². The smallest absolute Gasteiger partial charge is 0.229 e. The molecule has 12 heteroatoms. The highest BCUT2D eigenvalue weighted by Gasteiger charge is 2.22. The summed E-state index contributed by atoms with van der Waals surface area (Å²) in [6, 6.07) is 4.34. The van der Waals surface area contributed by atoms with E-state index in [1.165, 1.54) is 12.1 Å². The number of hydrogen-bond donors (Lipinski definition) is 2. The molecule has 2 N–H and O–H groups in total. The predicted molar refractivity (Wildman–Crippen MR) is 130 cm³/mol. The largest absolute Gasteiger partial charge is 0.353 e. The third-order valence-electron chi connectivity index (χ3n) is 4.62. The lowest BCUT2D eigenvalue weighted by Gasteiger charge is -2.12. The van der Waals surface area contributed by atoms with Crippen molar-refractivity contribution >= 4 is 33.3 Å². The zero-order chi connectivity index (χ0) is 24.3. The van der Waals surface area contributed by atoms with Crippen LogP contribution in [-0.4, -0.2) is 66.5 Å². The first-order valence-corrected chi connectivity index (χ1v) is 12.5. The molecule has 0 amide bonds. The van der Waals surface area contributed by atoms with Crippen molar-refractivity contribution in [2.75, 3.05) is 43.5 Å². The Hall–Kier alpha value is -2.76. The molecule has 0 unspecified atom stereocenters. The van der Waals surface area contributed by atoms with E-state index in [1.54, 1.807) is 23.1 Å². The van der Waals surface area contributed by atoms with E-state index in [1.807, 2.05) is 32.8 Å². The van der Waals surface area contributed by atoms with Gasteiger partial charge in [0, 0.05) is 47.7 Å². The van der Waals surface area contributed by atoms with Gasteiger partial charge in [0.15, 0.2) is 5.82 Å². The molecule has 9 nitrogen and oxygen atoms in total. The standard InChI is InChI=1S/C21H27ClFN7O2S/c1-13(2)30-12-16(17-6-7-24-21(26-17)25-8-9-29(3)4)20(27-30)15-10-14(22)11-18(19(15)23)28-33(5,31)32/h6-7,10-13,28H,8-9H2,1-5H3,(H,24,25,26). The van der Waals surface area contributed by atoms with Crippen LogP contribution in [0.2, 0.25) is 5.02 Å². The summed E-state index contributed by atoms with van der Waals surface area (Å²) in [6.07, 6.45) is 4.33. The fourth-order valence-electron chi connectivity index (χ4n) is 3.06. The first kappa shape index (κ1) is 24.9. The fraction of sp³-hybridized carbons (Fsp3) is 0.381. The molecule has 0 atom stereocenters. The first-order chi connectivity index (χ1) is 15.4. The molecule has 0 radical (unpaired) electrons. The number of nitrogens with one attached hydrogen (secondary N) is 2. The van der Waals surface area contributed by atoms with Gasteiger partial charge in [-0.15, -0.1) is 0 Å². The Balaban J connectivity index is 2.11. The molecule has 33 heavy (non-hydrogen) atoms. The molecular formula is C21H27ClFN7O2S. The van der Waals surface area contributed by atoms with Gasteiger partial charge in [-0.05, 0) is 46.1 Å². The van der Waals surface area contributed by atoms with Crippen molar-refractivity contribution < 1.29 is 12.8 Å². The number of sulfonamides is 1. The Morgan fingerprint density at radius 1 is 1.24 bits per heavy atom. The average molecular weight is 496 g/mol. The number of rotatable bonds is 9. The Kier molecular flexibility index (Phi) is 7.55. The highest BCUT2D eigenvalue weighted by Crippen LogP contribution is 2.37. The molecule has 2 heterocycles. The predicted octanol–water partition coefficient (Wildman–Crippen LogP) is 3.73. The minimum absolute atomic E-state index is 0.00659. The fourth-order valence-corrected chi connectivity index (χ4v) is 3.83. The summed E-state index contributed by atoms with van der Waals surface area (Å²) in [6.45, 7) is 5.34. The molecule has 0 spiro atoms. The number of likely N-dealkylation sites (N-methyl/N-ethyl adjacent to an activating group) is 1. The van der Waals surface area contributed by atoms with Crippen molar-refractivity contribution in [3.05, 3.63) is 41.4 Å². The van der Waals surface area contributed by atoms with Crippen molar-refractivity contribution in [1.29, 1.82) is 0 Å². The van der Waals surface area contributed by atoms with E-state index in [2.05, 4.69) is 25.1 Å². The van der Waals surface area contributed by atoms with Gasteiger partial charge in [-0.1, -0.05) is 11.6 Å². The Bertz CT molecular complexity index is 1250. The Labute approximate surface area is 198 Å². The number of aromatic nitrogens is 4. The van der Waals surface area contributed by atoms with Crippen molar-refractivity contribution in [3.63, 3.8) is 0 Å². The second kappa shape index (κ2) is 10.0. The molecule has 0 aliphatic heterocycles. The van der Waals surface area contributed by atoms with Crippen LogP contribution in [0.3, 0.4) is 0 Å². The maximum absolute atomic E-state index is 15.4. The van der Waals surface area contributed by atoms with Crippen molar-refractivity contribution in [2.24, 2.45) is 0 Å². The second-order valence-corrected chi connectivity index (χ2v) is 10.3. The lowest BCUT2D eigenvalue weighted by atomic mass is 10.0. The maximum atomic E-state index is 15.4. The molecule has 0 bridgehead atoms. The summed E-state index contributed by atoms with van der Waals surface area (Å²) < 4.78 is 42.7. The van der Waals surface area contributed by atoms with Crippen LogP contribution in [0.4, 0.5) is 16.0 Å². The molecule has 3 rings (SSSR count). The molecule has 0 saturated heterocycles. The highest BCUT2D eigenvalue weighted by atomic mass is 35.5. The summed E-state index contributed by atoms with van der Waals surface area (Å²) in [5.41, 5.74) is 1.20. The lowest BCUT2D eigenvalue weighted by Crippen LogP contribution is -2.21. The van der Waals surface area contributed by atoms with E-state index >= 15 is 4.39 Å². The SMILES string of the molecule is CC(C)n1cc(-c2ccnc(NCCN(C)C)n2)c(-c2cc(Cl)cc(NS(C)(=O)=O)c2F)n1. The van der Waals surface area contributed by atoms with Gasteiger partial charge in [0.2, 0.25) is 16.0 Å².